The fraction of sp³-hybridized carbons (Fsp3) is 0.462. The minimum Gasteiger partial charge on any atom is -0.348 e. The van der Waals surface area contributed by atoms with Crippen LogP contribution in [0.2, 0.25) is 0 Å². The van der Waals surface area contributed by atoms with Gasteiger partial charge in [0.25, 0.3) is 5.91 Å². The average molecular weight is 354 g/mol. The standard InChI is InChI=1S/C13H12BrF4NO/c14-9-2-1-3-11(9)19-12(20)7-4-5-10(15)8(6-7)13(16,17)18/h4-6,9,11H,1-3H2,(H,19,20). The third-order valence-corrected chi connectivity index (χ3v) is 4.38. The van der Waals surface area contributed by atoms with Crippen LogP contribution >= 0.6 is 15.9 Å². The lowest BCUT2D eigenvalue weighted by molar-refractivity contribution is -0.140. The summed E-state index contributed by atoms with van der Waals surface area (Å²) in [5.74, 6) is -2.00. The van der Waals surface area contributed by atoms with Crippen molar-refractivity contribution in [2.45, 2.75) is 36.3 Å². The van der Waals surface area contributed by atoms with E-state index in [1.54, 1.807) is 0 Å². The van der Waals surface area contributed by atoms with Crippen LogP contribution in [0.25, 0.3) is 0 Å². The second-order valence-corrected chi connectivity index (χ2v) is 5.90. The van der Waals surface area contributed by atoms with Crippen molar-refractivity contribution >= 4 is 21.8 Å². The predicted molar refractivity (Wildman–Crippen MR) is 69.2 cm³/mol. The van der Waals surface area contributed by atoms with Crippen LogP contribution < -0.4 is 5.32 Å². The molecule has 0 bridgehead atoms. The molecule has 1 saturated carbocycles. The number of hydrogen-bond donors (Lipinski definition) is 1. The molecule has 0 spiro atoms. The van der Waals surface area contributed by atoms with Crippen LogP contribution in [0.15, 0.2) is 18.2 Å². The summed E-state index contributed by atoms with van der Waals surface area (Å²) in [7, 11) is 0. The lowest BCUT2D eigenvalue weighted by Gasteiger charge is -2.17. The Labute approximate surface area is 121 Å². The molecule has 20 heavy (non-hydrogen) atoms. The number of carbonyl (C=O) groups excluding carboxylic acids is 1. The molecule has 0 saturated heterocycles. The summed E-state index contributed by atoms with van der Waals surface area (Å²) < 4.78 is 50.9. The largest absolute Gasteiger partial charge is 0.419 e. The van der Waals surface area contributed by atoms with Crippen molar-refractivity contribution in [2.75, 3.05) is 0 Å². The first kappa shape index (κ1) is 15.3. The number of nitrogens with one attached hydrogen (secondary N) is 1. The molecule has 7 heteroatoms. The van der Waals surface area contributed by atoms with E-state index in [4.69, 9.17) is 0 Å². The van der Waals surface area contributed by atoms with Crippen molar-refractivity contribution in [3.63, 3.8) is 0 Å². The molecule has 2 rings (SSSR count). The molecule has 2 nitrogen and oxygen atoms in total. The van der Waals surface area contributed by atoms with Gasteiger partial charge in [0, 0.05) is 16.4 Å². The lowest BCUT2D eigenvalue weighted by atomic mass is 10.1. The van der Waals surface area contributed by atoms with Gasteiger partial charge in [0.05, 0.1) is 5.56 Å². The second kappa shape index (κ2) is 5.71. The van der Waals surface area contributed by atoms with Gasteiger partial charge in [-0.25, -0.2) is 4.39 Å². The summed E-state index contributed by atoms with van der Waals surface area (Å²) >= 11 is 3.41. The van der Waals surface area contributed by atoms with E-state index < -0.39 is 23.5 Å². The fourth-order valence-corrected chi connectivity index (χ4v) is 2.93. The molecule has 1 aromatic rings. The van der Waals surface area contributed by atoms with Crippen molar-refractivity contribution in [3.05, 3.63) is 35.1 Å². The summed E-state index contributed by atoms with van der Waals surface area (Å²) in [5.41, 5.74) is -1.61. The Morgan fingerprint density at radius 2 is 2.00 bits per heavy atom. The van der Waals surface area contributed by atoms with Gasteiger partial charge in [-0.05, 0) is 31.0 Å². The van der Waals surface area contributed by atoms with E-state index in [1.807, 2.05) is 0 Å². The zero-order valence-corrected chi connectivity index (χ0v) is 11.9. The maximum atomic E-state index is 13.1. The summed E-state index contributed by atoms with van der Waals surface area (Å²) in [6.45, 7) is 0. The van der Waals surface area contributed by atoms with Crippen LogP contribution in [-0.2, 0) is 6.18 Å². The van der Waals surface area contributed by atoms with Crippen LogP contribution in [0, 0.1) is 5.82 Å². The molecule has 1 aliphatic carbocycles. The van der Waals surface area contributed by atoms with E-state index in [1.165, 1.54) is 0 Å². The molecule has 0 aromatic heterocycles. The molecule has 110 valence electrons. The van der Waals surface area contributed by atoms with Crippen molar-refractivity contribution in [3.8, 4) is 0 Å². The molecule has 0 aliphatic heterocycles. The predicted octanol–water partition coefficient (Wildman–Crippen LogP) is 3.89. The van der Waals surface area contributed by atoms with Crippen molar-refractivity contribution in [1.29, 1.82) is 0 Å². The Kier molecular flexibility index (Phi) is 4.36. The summed E-state index contributed by atoms with van der Waals surface area (Å²) in [5, 5.41) is 2.67. The second-order valence-electron chi connectivity index (χ2n) is 4.72. The fourth-order valence-electron chi connectivity index (χ4n) is 2.21. The average Bonchev–Trinajstić information content (AvgIpc) is 2.74. The highest BCUT2D eigenvalue weighted by molar-refractivity contribution is 9.09. The van der Waals surface area contributed by atoms with Gasteiger partial charge in [-0.1, -0.05) is 22.4 Å². The Morgan fingerprint density at radius 3 is 2.55 bits per heavy atom. The number of benzene rings is 1. The molecule has 1 amide bonds. The van der Waals surface area contributed by atoms with Crippen LogP contribution in [0.1, 0.15) is 35.2 Å². The normalized spacial score (nSPS) is 22.9. The number of carbonyl (C=O) groups is 1. The molecule has 1 aliphatic rings. The van der Waals surface area contributed by atoms with Gasteiger partial charge < -0.3 is 5.32 Å². The minimum atomic E-state index is -4.81. The highest BCUT2D eigenvalue weighted by Gasteiger charge is 2.35. The molecule has 1 aromatic carbocycles. The summed E-state index contributed by atoms with van der Waals surface area (Å²) in [6.07, 6.45) is -2.19. The van der Waals surface area contributed by atoms with Crippen LogP contribution in [0.4, 0.5) is 17.6 Å². The van der Waals surface area contributed by atoms with Gasteiger partial charge in [-0.3, -0.25) is 4.79 Å². The van der Waals surface area contributed by atoms with Gasteiger partial charge in [0.2, 0.25) is 0 Å². The van der Waals surface area contributed by atoms with Crippen molar-refractivity contribution < 1.29 is 22.4 Å². The van der Waals surface area contributed by atoms with Gasteiger partial charge in [0.15, 0.2) is 0 Å². The van der Waals surface area contributed by atoms with E-state index in [0.717, 1.165) is 25.3 Å². The number of amides is 1. The topological polar surface area (TPSA) is 29.1 Å². The number of rotatable bonds is 2. The van der Waals surface area contributed by atoms with E-state index in [9.17, 15) is 22.4 Å². The SMILES string of the molecule is O=C(NC1CCCC1Br)c1ccc(F)c(C(F)(F)F)c1. The van der Waals surface area contributed by atoms with E-state index in [0.29, 0.717) is 12.1 Å². The molecule has 0 heterocycles. The monoisotopic (exact) mass is 353 g/mol. The molecular weight excluding hydrogens is 342 g/mol. The van der Waals surface area contributed by atoms with E-state index in [-0.39, 0.29) is 16.4 Å². The zero-order valence-electron chi connectivity index (χ0n) is 10.3. The molecule has 2 atom stereocenters. The first-order valence-electron chi connectivity index (χ1n) is 6.10. The van der Waals surface area contributed by atoms with Gasteiger partial charge in [0.1, 0.15) is 5.82 Å². The van der Waals surface area contributed by atoms with Gasteiger partial charge >= 0.3 is 6.18 Å². The number of alkyl halides is 4. The Morgan fingerprint density at radius 1 is 1.30 bits per heavy atom. The van der Waals surface area contributed by atoms with Gasteiger partial charge in [-0.15, -0.1) is 0 Å². The van der Waals surface area contributed by atoms with Crippen molar-refractivity contribution in [1.82, 2.24) is 5.32 Å². The summed E-state index contributed by atoms with van der Waals surface area (Å²) in [6, 6.07) is 2.15. The van der Waals surface area contributed by atoms with E-state index in [2.05, 4.69) is 21.2 Å². The maximum absolute atomic E-state index is 13.1. The van der Waals surface area contributed by atoms with Crippen LogP contribution in [0.3, 0.4) is 0 Å². The highest BCUT2D eigenvalue weighted by Crippen LogP contribution is 2.32. The molecular formula is C13H12BrF4NO. The van der Waals surface area contributed by atoms with E-state index >= 15 is 0 Å². The zero-order chi connectivity index (χ0) is 14.9. The van der Waals surface area contributed by atoms with Crippen LogP contribution in [-0.4, -0.2) is 16.8 Å². The third kappa shape index (κ3) is 3.31. The van der Waals surface area contributed by atoms with Crippen molar-refractivity contribution in [2.24, 2.45) is 0 Å². The summed E-state index contributed by atoms with van der Waals surface area (Å²) in [4.78, 5) is 12.0. The minimum absolute atomic E-state index is 0.109. The maximum Gasteiger partial charge on any atom is 0.419 e. The third-order valence-electron chi connectivity index (χ3n) is 3.28. The first-order chi connectivity index (χ1) is 9.29. The Bertz CT molecular complexity index is 518. The Hall–Kier alpha value is -1.11. The first-order valence-corrected chi connectivity index (χ1v) is 7.02. The highest BCUT2D eigenvalue weighted by atomic mass is 79.9. The molecule has 2 unspecified atom stereocenters. The smallest absolute Gasteiger partial charge is 0.348 e. The molecule has 1 N–H and O–H groups in total. The van der Waals surface area contributed by atoms with Gasteiger partial charge in [-0.2, -0.15) is 13.2 Å². The quantitative estimate of drug-likeness (QED) is 0.634. The molecule has 0 radical (unpaired) electrons. The number of halogens is 5. The number of hydrogen-bond acceptors (Lipinski definition) is 1. The van der Waals surface area contributed by atoms with Crippen LogP contribution in [0.5, 0.6) is 0 Å². The molecule has 1 fully saturated rings. The lowest BCUT2D eigenvalue weighted by Crippen LogP contribution is -2.37. The Balaban J connectivity index is 2.18.